The van der Waals surface area contributed by atoms with E-state index in [1.54, 1.807) is 6.20 Å². The van der Waals surface area contributed by atoms with E-state index in [4.69, 9.17) is 0 Å². The summed E-state index contributed by atoms with van der Waals surface area (Å²) < 4.78 is 0.982. The smallest absolute Gasteiger partial charge is 0.179 e. The lowest BCUT2D eigenvalue weighted by Gasteiger charge is -1.98. The van der Waals surface area contributed by atoms with Crippen LogP contribution in [0.25, 0.3) is 0 Å². The van der Waals surface area contributed by atoms with Crippen LogP contribution in [0.5, 0.6) is 0 Å². The number of nitrogens with zero attached hydrogens (tertiary/aromatic N) is 3. The second kappa shape index (κ2) is 2.37. The Labute approximate surface area is 72.7 Å². The minimum atomic E-state index is 0.162. The van der Waals surface area contributed by atoms with E-state index < -0.39 is 0 Å². The van der Waals surface area contributed by atoms with Crippen molar-refractivity contribution in [2.45, 2.75) is 13.0 Å². The van der Waals surface area contributed by atoms with Crippen LogP contribution in [0.3, 0.4) is 0 Å². The van der Waals surface area contributed by atoms with Crippen molar-refractivity contribution in [1.29, 1.82) is 0 Å². The molecule has 0 bridgehead atoms. The first-order valence-electron chi connectivity index (χ1n) is 3.33. The number of fused-ring (bicyclic) bond motifs is 1. The zero-order valence-corrected chi connectivity index (χ0v) is 7.54. The van der Waals surface area contributed by atoms with Crippen LogP contribution >= 0.6 is 15.9 Å². The van der Waals surface area contributed by atoms with Gasteiger partial charge < -0.3 is 0 Å². The molecule has 0 fully saturated rings. The summed E-state index contributed by atoms with van der Waals surface area (Å²) in [6, 6.07) is 2.17. The Bertz CT molecular complexity index is 321. The first-order valence-corrected chi connectivity index (χ1v) is 4.13. The van der Waals surface area contributed by atoms with Gasteiger partial charge >= 0.3 is 0 Å². The lowest BCUT2D eigenvalue weighted by molar-refractivity contribution is 0.811. The third-order valence-electron chi connectivity index (χ3n) is 1.64. The number of hydrogen-bond acceptors (Lipinski definition) is 3. The lowest BCUT2D eigenvalue weighted by atomic mass is 10.1. The van der Waals surface area contributed by atoms with Gasteiger partial charge in [-0.15, -0.1) is 5.11 Å². The Morgan fingerprint density at radius 1 is 1.55 bits per heavy atom. The van der Waals surface area contributed by atoms with Gasteiger partial charge in [0.1, 0.15) is 0 Å². The molecular formula is C7H6BrN3. The molecule has 0 saturated heterocycles. The summed E-state index contributed by atoms with van der Waals surface area (Å²) in [5.41, 5.74) is 1.10. The number of pyridine rings is 1. The Morgan fingerprint density at radius 2 is 2.36 bits per heavy atom. The van der Waals surface area contributed by atoms with E-state index in [-0.39, 0.29) is 6.04 Å². The summed E-state index contributed by atoms with van der Waals surface area (Å²) in [5.74, 6) is 0.751. The van der Waals surface area contributed by atoms with E-state index in [0.29, 0.717) is 0 Å². The van der Waals surface area contributed by atoms with Crippen LogP contribution in [0.15, 0.2) is 27.0 Å². The fraction of sp³-hybridized carbons (Fsp3) is 0.286. The summed E-state index contributed by atoms with van der Waals surface area (Å²) >= 11 is 3.35. The molecule has 0 amide bonds. The Balaban J connectivity index is 2.58. The molecule has 56 valence electrons. The molecule has 2 heterocycles. The second-order valence-electron chi connectivity index (χ2n) is 2.46. The van der Waals surface area contributed by atoms with Gasteiger partial charge in [0.25, 0.3) is 0 Å². The van der Waals surface area contributed by atoms with E-state index >= 15 is 0 Å². The Morgan fingerprint density at radius 3 is 3.18 bits per heavy atom. The van der Waals surface area contributed by atoms with Gasteiger partial charge in [-0.1, -0.05) is 0 Å². The van der Waals surface area contributed by atoms with Crippen molar-refractivity contribution in [3.63, 3.8) is 0 Å². The molecule has 11 heavy (non-hydrogen) atoms. The second-order valence-corrected chi connectivity index (χ2v) is 3.37. The highest BCUT2D eigenvalue weighted by atomic mass is 79.9. The van der Waals surface area contributed by atoms with Crippen LogP contribution in [0, 0.1) is 0 Å². The van der Waals surface area contributed by atoms with E-state index in [0.717, 1.165) is 15.9 Å². The average Bonchev–Trinajstić information content (AvgIpc) is 2.33. The van der Waals surface area contributed by atoms with Crippen molar-refractivity contribution in [1.82, 2.24) is 4.98 Å². The maximum absolute atomic E-state index is 4.10. The quantitative estimate of drug-likeness (QED) is 0.651. The molecule has 0 N–H and O–H groups in total. The number of halogens is 1. The van der Waals surface area contributed by atoms with Gasteiger partial charge in [-0.3, -0.25) is 0 Å². The predicted molar refractivity (Wildman–Crippen MR) is 44.9 cm³/mol. The molecule has 1 aromatic rings. The molecule has 1 atom stereocenters. The van der Waals surface area contributed by atoms with E-state index in [9.17, 15) is 0 Å². The number of aromatic nitrogens is 1. The van der Waals surface area contributed by atoms with E-state index in [1.165, 1.54) is 0 Å². The molecule has 0 aromatic carbocycles. The first kappa shape index (κ1) is 6.91. The summed E-state index contributed by atoms with van der Waals surface area (Å²) in [7, 11) is 0. The van der Waals surface area contributed by atoms with Gasteiger partial charge in [-0.2, -0.15) is 5.11 Å². The normalized spacial score (nSPS) is 20.4. The van der Waals surface area contributed by atoms with Gasteiger partial charge in [0.2, 0.25) is 0 Å². The highest BCUT2D eigenvalue weighted by molar-refractivity contribution is 9.10. The van der Waals surface area contributed by atoms with Crippen LogP contribution < -0.4 is 0 Å². The SMILES string of the molecule is CC1N=Nc2ncc(Br)cc21. The highest BCUT2D eigenvalue weighted by Crippen LogP contribution is 2.34. The van der Waals surface area contributed by atoms with Gasteiger partial charge in [0, 0.05) is 16.2 Å². The molecule has 0 saturated carbocycles. The van der Waals surface area contributed by atoms with Crippen LogP contribution in [-0.4, -0.2) is 4.98 Å². The van der Waals surface area contributed by atoms with Gasteiger partial charge in [0.05, 0.1) is 6.04 Å². The van der Waals surface area contributed by atoms with E-state index in [2.05, 4.69) is 31.1 Å². The van der Waals surface area contributed by atoms with Crippen molar-refractivity contribution >= 4 is 21.7 Å². The number of rotatable bonds is 0. The third kappa shape index (κ3) is 1.07. The fourth-order valence-corrected chi connectivity index (χ4v) is 1.39. The van der Waals surface area contributed by atoms with Crippen molar-refractivity contribution in [3.8, 4) is 0 Å². The molecular weight excluding hydrogens is 206 g/mol. The van der Waals surface area contributed by atoms with Crippen molar-refractivity contribution in [2.24, 2.45) is 10.2 Å². The van der Waals surface area contributed by atoms with Gasteiger partial charge in [-0.25, -0.2) is 4.98 Å². The van der Waals surface area contributed by atoms with Gasteiger partial charge in [-0.05, 0) is 28.9 Å². The maximum Gasteiger partial charge on any atom is 0.179 e. The number of hydrogen-bond donors (Lipinski definition) is 0. The third-order valence-corrected chi connectivity index (χ3v) is 2.07. The Kier molecular flexibility index (Phi) is 1.49. The first-order chi connectivity index (χ1) is 5.27. The summed E-state index contributed by atoms with van der Waals surface area (Å²) in [4.78, 5) is 4.10. The lowest BCUT2D eigenvalue weighted by Crippen LogP contribution is -1.85. The summed E-state index contributed by atoms with van der Waals surface area (Å²) in [6.07, 6.45) is 1.73. The fourth-order valence-electron chi connectivity index (χ4n) is 1.04. The molecule has 0 spiro atoms. The topological polar surface area (TPSA) is 37.6 Å². The van der Waals surface area contributed by atoms with Crippen molar-refractivity contribution in [2.75, 3.05) is 0 Å². The molecule has 2 rings (SSSR count). The zero-order valence-electron chi connectivity index (χ0n) is 5.95. The van der Waals surface area contributed by atoms with Crippen LogP contribution in [0.4, 0.5) is 5.82 Å². The molecule has 1 aliphatic heterocycles. The van der Waals surface area contributed by atoms with Crippen molar-refractivity contribution in [3.05, 3.63) is 22.3 Å². The molecule has 1 aromatic heterocycles. The molecule has 1 aliphatic rings. The molecule has 1 unspecified atom stereocenters. The minimum Gasteiger partial charge on any atom is -0.234 e. The maximum atomic E-state index is 4.10. The molecule has 3 nitrogen and oxygen atoms in total. The average molecular weight is 212 g/mol. The zero-order chi connectivity index (χ0) is 7.84. The summed E-state index contributed by atoms with van der Waals surface area (Å²) in [6.45, 7) is 2.00. The Hall–Kier alpha value is -0.770. The number of azo groups is 1. The monoisotopic (exact) mass is 211 g/mol. The van der Waals surface area contributed by atoms with Crippen LogP contribution in [0.1, 0.15) is 18.5 Å². The molecule has 4 heteroatoms. The summed E-state index contributed by atoms with van der Waals surface area (Å²) in [5, 5.41) is 7.90. The van der Waals surface area contributed by atoms with E-state index in [1.807, 2.05) is 13.0 Å². The minimum absolute atomic E-state index is 0.162. The van der Waals surface area contributed by atoms with Crippen LogP contribution in [-0.2, 0) is 0 Å². The van der Waals surface area contributed by atoms with Crippen molar-refractivity contribution < 1.29 is 0 Å². The van der Waals surface area contributed by atoms with Gasteiger partial charge in [0.15, 0.2) is 5.82 Å². The highest BCUT2D eigenvalue weighted by Gasteiger charge is 2.16. The molecule has 0 aliphatic carbocycles. The van der Waals surface area contributed by atoms with Crippen LogP contribution in [0.2, 0.25) is 0 Å². The largest absolute Gasteiger partial charge is 0.234 e. The molecule has 0 radical (unpaired) electrons. The standard InChI is InChI=1S/C7H6BrN3/c1-4-6-2-5(8)3-9-7(6)11-10-4/h2-4H,1H3. The predicted octanol–water partition coefficient (Wildman–Crippen LogP) is 3.00.